The summed E-state index contributed by atoms with van der Waals surface area (Å²) in [6.45, 7) is 11.7. The lowest BCUT2D eigenvalue weighted by molar-refractivity contribution is -0.156. The van der Waals surface area contributed by atoms with Gasteiger partial charge in [0.2, 0.25) is 0 Å². The number of thiol groups is 2. The summed E-state index contributed by atoms with van der Waals surface area (Å²) in [7, 11) is 2.58. The van der Waals surface area contributed by atoms with Crippen molar-refractivity contribution in [3.8, 4) is 11.5 Å². The zero-order valence-corrected chi connectivity index (χ0v) is 27.6. The second-order valence-corrected chi connectivity index (χ2v) is 14.5. The molecule has 0 N–H and O–H groups in total. The van der Waals surface area contributed by atoms with E-state index in [-0.39, 0.29) is 34.1 Å². The third-order valence-corrected chi connectivity index (χ3v) is 8.21. The topological polar surface area (TPSA) is 105 Å². The molecule has 0 aliphatic rings. The maximum Gasteiger partial charge on any atom is 0.322 e. The summed E-state index contributed by atoms with van der Waals surface area (Å²) in [5, 5.41) is 0.946. The van der Waals surface area contributed by atoms with Crippen LogP contribution in [0.2, 0.25) is 0 Å². The molecule has 2 aromatic carbocycles. The van der Waals surface area contributed by atoms with E-state index in [1.165, 1.54) is 14.2 Å². The Kier molecular flexibility index (Phi) is 10.5. The van der Waals surface area contributed by atoms with Gasteiger partial charge in [-0.1, -0.05) is 40.2 Å². The van der Waals surface area contributed by atoms with Crippen molar-refractivity contribution in [2.75, 3.05) is 14.2 Å². The number of hydrogen-bond donors (Lipinski definition) is 2. The highest BCUT2D eigenvalue weighted by Crippen LogP contribution is 2.47. The highest BCUT2D eigenvalue weighted by molar-refractivity contribution is 9.10. The molecule has 40 heavy (non-hydrogen) atoms. The molecule has 0 heterocycles. The second-order valence-electron chi connectivity index (χ2n) is 11.9. The van der Waals surface area contributed by atoms with E-state index in [0.29, 0.717) is 10.8 Å². The Morgan fingerprint density at radius 3 is 1.38 bits per heavy atom. The fraction of sp³-hybridized carbons (Fsp3) is 0.517. The van der Waals surface area contributed by atoms with Crippen molar-refractivity contribution in [3.05, 3.63) is 24.3 Å². The Bertz CT molecular complexity index is 1230. The molecule has 220 valence electrons. The van der Waals surface area contributed by atoms with Gasteiger partial charge >= 0.3 is 23.9 Å². The molecule has 1 atom stereocenters. The van der Waals surface area contributed by atoms with E-state index in [1.807, 2.05) is 0 Å². The van der Waals surface area contributed by atoms with Gasteiger partial charge in [0.05, 0.1) is 40.3 Å². The predicted molar refractivity (Wildman–Crippen MR) is 162 cm³/mol. The number of benzene rings is 2. The molecule has 1 unspecified atom stereocenters. The van der Waals surface area contributed by atoms with Crippen LogP contribution in [0.25, 0.3) is 10.8 Å². The number of esters is 4. The van der Waals surface area contributed by atoms with Gasteiger partial charge in [0.15, 0.2) is 11.5 Å². The number of carbonyl (C=O) groups excluding carboxylic acids is 4. The summed E-state index contributed by atoms with van der Waals surface area (Å²) < 4.78 is 20.4. The first kappa shape index (κ1) is 34.0. The molecule has 2 aromatic rings. The van der Waals surface area contributed by atoms with Crippen LogP contribution in [-0.4, -0.2) is 42.4 Å². The largest absolute Gasteiger partial charge is 0.469 e. The minimum absolute atomic E-state index is 0.0891. The molecule has 0 bridgehead atoms. The Balaban J connectivity index is 2.49. The van der Waals surface area contributed by atoms with E-state index < -0.39 is 44.4 Å². The first-order chi connectivity index (χ1) is 18.2. The molecule has 0 fully saturated rings. The number of fused-ring (bicyclic) bond motifs is 1. The molecule has 0 aliphatic carbocycles. The van der Waals surface area contributed by atoms with E-state index in [9.17, 15) is 19.2 Å². The summed E-state index contributed by atoms with van der Waals surface area (Å²) in [6.07, 6.45) is 0.258. The smallest absolute Gasteiger partial charge is 0.322 e. The van der Waals surface area contributed by atoms with Crippen LogP contribution in [0.15, 0.2) is 34.1 Å². The van der Waals surface area contributed by atoms with E-state index in [0.717, 1.165) is 0 Å². The SMILES string of the molecule is COC(=O)C(C)(C)CC(C)(C)C(=O)Oc1c(S)c(S)c(OC(=O)C(C)(C)CC(C)(Br)C(=O)OC)c2ccccc12. The standard InChI is InChI=1S/C29H37BrO8S2/c1-26(2,22(31)35-8)14-27(3,4)23(32)37-18-16-12-10-11-13-17(16)19(21(40)20(18)39)38-24(33)28(5,6)15-29(7,30)25(34)36-9/h10-13,39-40H,14-15H2,1-9H3. The van der Waals surface area contributed by atoms with Gasteiger partial charge in [-0.15, -0.1) is 25.3 Å². The van der Waals surface area contributed by atoms with E-state index in [1.54, 1.807) is 72.7 Å². The Morgan fingerprint density at radius 1 is 0.650 bits per heavy atom. The summed E-state index contributed by atoms with van der Waals surface area (Å²) in [5.41, 5.74) is -3.10. The summed E-state index contributed by atoms with van der Waals surface area (Å²) in [5.74, 6) is -1.85. The number of rotatable bonds is 10. The minimum atomic E-state index is -1.11. The Labute approximate surface area is 254 Å². The molecule has 0 aromatic heterocycles. The number of halogens is 1. The third-order valence-electron chi connectivity index (χ3n) is 6.57. The van der Waals surface area contributed by atoms with E-state index in [4.69, 9.17) is 18.9 Å². The predicted octanol–water partition coefficient (Wildman–Crippen LogP) is 6.59. The second kappa shape index (κ2) is 12.3. The zero-order chi connectivity index (χ0) is 30.8. The lowest BCUT2D eigenvalue weighted by Gasteiger charge is -2.31. The molecule has 0 amide bonds. The maximum atomic E-state index is 13.4. The average molecular weight is 658 g/mol. The van der Waals surface area contributed by atoms with Crippen LogP contribution in [0.5, 0.6) is 11.5 Å². The highest BCUT2D eigenvalue weighted by atomic mass is 79.9. The number of methoxy groups -OCH3 is 2. The molecule has 2 rings (SSSR count). The summed E-state index contributed by atoms with van der Waals surface area (Å²) in [6, 6.07) is 6.92. The van der Waals surface area contributed by atoms with Gasteiger partial charge in [-0.3, -0.25) is 19.2 Å². The molecule has 8 nitrogen and oxygen atoms in total. The number of ether oxygens (including phenoxy) is 4. The van der Waals surface area contributed by atoms with E-state index in [2.05, 4.69) is 41.2 Å². The molecule has 0 saturated carbocycles. The van der Waals surface area contributed by atoms with Crippen LogP contribution in [0.3, 0.4) is 0 Å². The van der Waals surface area contributed by atoms with Crippen molar-refractivity contribution in [2.24, 2.45) is 16.2 Å². The first-order valence-electron chi connectivity index (χ1n) is 12.5. The molecule has 0 radical (unpaired) electrons. The van der Waals surface area contributed by atoms with Crippen LogP contribution in [0, 0.1) is 16.2 Å². The molecular weight excluding hydrogens is 620 g/mol. The first-order valence-corrected chi connectivity index (χ1v) is 14.2. The maximum absolute atomic E-state index is 13.4. The normalized spacial score (nSPS) is 13.8. The van der Waals surface area contributed by atoms with Crippen LogP contribution < -0.4 is 9.47 Å². The highest BCUT2D eigenvalue weighted by Gasteiger charge is 2.43. The molecule has 0 spiro atoms. The number of carbonyl (C=O) groups is 4. The molecular formula is C29H37BrO8S2. The monoisotopic (exact) mass is 656 g/mol. The van der Waals surface area contributed by atoms with Gasteiger partial charge in [-0.25, -0.2) is 0 Å². The van der Waals surface area contributed by atoms with Crippen LogP contribution in [-0.2, 0) is 28.7 Å². The minimum Gasteiger partial charge on any atom is -0.469 e. The van der Waals surface area contributed by atoms with Crippen LogP contribution in [0.1, 0.15) is 61.3 Å². The fourth-order valence-electron chi connectivity index (χ4n) is 4.73. The number of alkyl halides is 1. The van der Waals surface area contributed by atoms with Gasteiger partial charge in [0.25, 0.3) is 0 Å². The average Bonchev–Trinajstić information content (AvgIpc) is 2.86. The lowest BCUT2D eigenvalue weighted by Crippen LogP contribution is -2.40. The summed E-state index contributed by atoms with van der Waals surface area (Å²) in [4.78, 5) is 51.5. The van der Waals surface area contributed by atoms with Gasteiger partial charge in [-0.2, -0.15) is 0 Å². The molecule has 11 heteroatoms. The van der Waals surface area contributed by atoms with Gasteiger partial charge in [-0.05, 0) is 61.3 Å². The van der Waals surface area contributed by atoms with Crippen molar-refractivity contribution in [3.63, 3.8) is 0 Å². The Morgan fingerprint density at radius 2 is 1.00 bits per heavy atom. The molecule has 0 aliphatic heterocycles. The van der Waals surface area contributed by atoms with Crippen LogP contribution in [0.4, 0.5) is 0 Å². The van der Waals surface area contributed by atoms with Gasteiger partial charge in [0.1, 0.15) is 4.32 Å². The fourth-order valence-corrected chi connectivity index (χ4v) is 6.13. The Hall–Kier alpha value is -2.24. The third kappa shape index (κ3) is 7.33. The van der Waals surface area contributed by atoms with Crippen molar-refractivity contribution in [1.29, 1.82) is 0 Å². The van der Waals surface area contributed by atoms with Gasteiger partial charge < -0.3 is 18.9 Å². The van der Waals surface area contributed by atoms with Gasteiger partial charge in [0, 0.05) is 10.8 Å². The summed E-state index contributed by atoms with van der Waals surface area (Å²) >= 11 is 12.5. The quantitative estimate of drug-likeness (QED) is 0.128. The molecule has 0 saturated heterocycles. The van der Waals surface area contributed by atoms with E-state index >= 15 is 0 Å². The van der Waals surface area contributed by atoms with Crippen molar-refractivity contribution in [2.45, 2.75) is 75.4 Å². The number of hydrogen-bond acceptors (Lipinski definition) is 10. The van der Waals surface area contributed by atoms with Crippen LogP contribution >= 0.6 is 41.2 Å². The zero-order valence-electron chi connectivity index (χ0n) is 24.3. The van der Waals surface area contributed by atoms with Crippen molar-refractivity contribution >= 4 is 75.8 Å². The van der Waals surface area contributed by atoms with Crippen molar-refractivity contribution < 1.29 is 38.1 Å². The van der Waals surface area contributed by atoms with Crippen molar-refractivity contribution in [1.82, 2.24) is 0 Å². The lowest BCUT2D eigenvalue weighted by atomic mass is 9.75.